The third-order valence-corrected chi connectivity index (χ3v) is 6.33. The van der Waals surface area contributed by atoms with Gasteiger partial charge < -0.3 is 14.8 Å². The van der Waals surface area contributed by atoms with Gasteiger partial charge in [-0.1, -0.05) is 11.6 Å². The van der Waals surface area contributed by atoms with E-state index in [1.807, 2.05) is 0 Å². The van der Waals surface area contributed by atoms with Crippen LogP contribution >= 0.6 is 11.6 Å². The maximum absolute atomic E-state index is 13.2. The van der Waals surface area contributed by atoms with Crippen LogP contribution in [0.5, 0.6) is 11.5 Å². The molecule has 0 bridgehead atoms. The van der Waals surface area contributed by atoms with Gasteiger partial charge in [-0.25, -0.2) is 8.42 Å². The summed E-state index contributed by atoms with van der Waals surface area (Å²) in [5, 5.41) is 2.02. The fraction of sp³-hybridized carbons (Fsp3) is 0.174. The minimum atomic E-state index is -4.72. The molecule has 0 heterocycles. The first kappa shape index (κ1) is 26.2. The molecule has 0 unspecified atom stereocenters. The smallest absolute Gasteiger partial charge is 0.418 e. The Hall–Kier alpha value is -3.44. The van der Waals surface area contributed by atoms with Gasteiger partial charge in [0.1, 0.15) is 11.5 Å². The largest absolute Gasteiger partial charge is 0.497 e. The van der Waals surface area contributed by atoms with Crippen molar-refractivity contribution in [1.82, 2.24) is 0 Å². The van der Waals surface area contributed by atoms with Crippen molar-refractivity contribution in [2.45, 2.75) is 18.0 Å². The Labute approximate surface area is 204 Å². The highest BCUT2D eigenvalue weighted by atomic mass is 35.5. The molecule has 0 aliphatic carbocycles. The minimum Gasteiger partial charge on any atom is -0.497 e. The quantitative estimate of drug-likeness (QED) is 0.403. The molecule has 3 aromatic rings. The molecule has 0 aliphatic heterocycles. The standard InChI is InChI=1S/C23H20ClF3N2O5S/c1-14-11-18(35(31,32)29-16-4-6-17(33-2)7-5-16)8-10-21(14)34-13-22(30)28-20-9-3-15(24)12-19(20)23(25,26)27/h3-12,29H,13H2,1-2H3,(H,28,30). The first-order valence-electron chi connectivity index (χ1n) is 9.96. The highest BCUT2D eigenvalue weighted by Gasteiger charge is 2.34. The summed E-state index contributed by atoms with van der Waals surface area (Å²) in [5.41, 5.74) is -0.814. The van der Waals surface area contributed by atoms with E-state index in [0.717, 1.165) is 6.07 Å². The number of aryl methyl sites for hydroxylation is 1. The number of carbonyl (C=O) groups is 1. The van der Waals surface area contributed by atoms with E-state index >= 15 is 0 Å². The lowest BCUT2D eigenvalue weighted by Gasteiger charge is -2.15. The van der Waals surface area contributed by atoms with Crippen LogP contribution in [0, 0.1) is 6.92 Å². The van der Waals surface area contributed by atoms with Gasteiger partial charge in [-0.3, -0.25) is 9.52 Å². The van der Waals surface area contributed by atoms with E-state index in [9.17, 15) is 26.4 Å². The van der Waals surface area contributed by atoms with Crippen LogP contribution in [0.3, 0.4) is 0 Å². The number of rotatable bonds is 8. The number of anilines is 2. The molecule has 0 saturated heterocycles. The Morgan fingerprint density at radius 2 is 1.71 bits per heavy atom. The number of sulfonamides is 1. The molecular weight excluding hydrogens is 509 g/mol. The molecule has 0 aromatic heterocycles. The molecule has 2 N–H and O–H groups in total. The van der Waals surface area contributed by atoms with Gasteiger partial charge >= 0.3 is 6.18 Å². The molecule has 3 rings (SSSR count). The second-order valence-electron chi connectivity index (χ2n) is 7.29. The predicted molar refractivity (Wildman–Crippen MR) is 126 cm³/mol. The van der Waals surface area contributed by atoms with Crippen molar-refractivity contribution in [3.05, 3.63) is 76.8 Å². The molecule has 3 aromatic carbocycles. The van der Waals surface area contributed by atoms with E-state index in [1.165, 1.54) is 31.4 Å². The van der Waals surface area contributed by atoms with Gasteiger partial charge in [-0.2, -0.15) is 13.2 Å². The van der Waals surface area contributed by atoms with Crippen molar-refractivity contribution in [2.75, 3.05) is 23.8 Å². The van der Waals surface area contributed by atoms with Crippen molar-refractivity contribution >= 4 is 38.9 Å². The van der Waals surface area contributed by atoms with Crippen LogP contribution in [0.2, 0.25) is 5.02 Å². The van der Waals surface area contributed by atoms with E-state index in [2.05, 4.69) is 10.0 Å². The van der Waals surface area contributed by atoms with Crippen LogP contribution in [0.4, 0.5) is 24.5 Å². The topological polar surface area (TPSA) is 93.7 Å². The predicted octanol–water partition coefficient (Wildman–Crippen LogP) is 5.49. The lowest BCUT2D eigenvalue weighted by atomic mass is 10.1. The van der Waals surface area contributed by atoms with Crippen LogP contribution < -0.4 is 19.5 Å². The molecular formula is C23H20ClF3N2O5S. The molecule has 12 heteroatoms. The highest BCUT2D eigenvalue weighted by molar-refractivity contribution is 7.92. The maximum atomic E-state index is 13.2. The molecule has 7 nitrogen and oxygen atoms in total. The molecule has 0 atom stereocenters. The van der Waals surface area contributed by atoms with Crippen molar-refractivity contribution in [3.8, 4) is 11.5 Å². The van der Waals surface area contributed by atoms with Gasteiger partial charge in [-0.05, 0) is 73.2 Å². The SMILES string of the molecule is COc1ccc(NS(=O)(=O)c2ccc(OCC(=O)Nc3ccc(Cl)cc3C(F)(F)F)c(C)c2)cc1. The second-order valence-corrected chi connectivity index (χ2v) is 9.40. The Kier molecular flexibility index (Phi) is 7.81. The summed E-state index contributed by atoms with van der Waals surface area (Å²) in [6.07, 6.45) is -4.72. The number of amides is 1. The van der Waals surface area contributed by atoms with Gasteiger partial charge in [0.25, 0.3) is 15.9 Å². The number of hydrogen-bond donors (Lipinski definition) is 2. The molecule has 0 saturated carbocycles. The van der Waals surface area contributed by atoms with E-state index in [0.29, 0.717) is 23.1 Å². The monoisotopic (exact) mass is 528 g/mol. The fourth-order valence-corrected chi connectivity index (χ4v) is 4.33. The lowest BCUT2D eigenvalue weighted by Crippen LogP contribution is -2.22. The third-order valence-electron chi connectivity index (χ3n) is 4.72. The van der Waals surface area contributed by atoms with Crippen LogP contribution in [0.25, 0.3) is 0 Å². The number of benzene rings is 3. The Balaban J connectivity index is 1.67. The Bertz CT molecular complexity index is 1330. The molecule has 1 amide bonds. The van der Waals surface area contributed by atoms with Crippen LogP contribution in [-0.2, 0) is 21.0 Å². The summed E-state index contributed by atoms with van der Waals surface area (Å²) in [4.78, 5) is 12.1. The van der Waals surface area contributed by atoms with Crippen LogP contribution in [0.15, 0.2) is 65.6 Å². The summed E-state index contributed by atoms with van der Waals surface area (Å²) in [6.45, 7) is 0.970. The zero-order valence-corrected chi connectivity index (χ0v) is 20.0. The molecule has 0 aliphatic rings. The van der Waals surface area contributed by atoms with Gasteiger partial charge in [-0.15, -0.1) is 0 Å². The van der Waals surface area contributed by atoms with E-state index in [1.54, 1.807) is 31.2 Å². The average Bonchev–Trinajstić information content (AvgIpc) is 2.79. The summed E-state index contributed by atoms with van der Waals surface area (Å²) in [7, 11) is -2.42. The van der Waals surface area contributed by atoms with E-state index < -0.39 is 40.0 Å². The molecule has 0 spiro atoms. The van der Waals surface area contributed by atoms with Crippen LogP contribution in [0.1, 0.15) is 11.1 Å². The first-order chi connectivity index (χ1) is 16.4. The zero-order valence-electron chi connectivity index (χ0n) is 18.4. The number of nitrogens with one attached hydrogen (secondary N) is 2. The average molecular weight is 529 g/mol. The minimum absolute atomic E-state index is 0.0430. The number of ether oxygens (including phenoxy) is 2. The summed E-state index contributed by atoms with van der Waals surface area (Å²) < 4.78 is 77.8. The maximum Gasteiger partial charge on any atom is 0.418 e. The summed E-state index contributed by atoms with van der Waals surface area (Å²) in [6, 6.07) is 13.3. The molecule has 0 fully saturated rings. The molecule has 0 radical (unpaired) electrons. The van der Waals surface area contributed by atoms with Crippen molar-refractivity contribution < 1.29 is 35.9 Å². The van der Waals surface area contributed by atoms with Gasteiger partial charge in [0, 0.05) is 10.7 Å². The number of halogens is 4. The van der Waals surface area contributed by atoms with Crippen molar-refractivity contribution in [1.29, 1.82) is 0 Å². The van der Waals surface area contributed by atoms with E-state index in [4.69, 9.17) is 21.1 Å². The molecule has 35 heavy (non-hydrogen) atoms. The first-order valence-corrected chi connectivity index (χ1v) is 11.8. The highest BCUT2D eigenvalue weighted by Crippen LogP contribution is 2.36. The summed E-state index contributed by atoms with van der Waals surface area (Å²) in [5.74, 6) is -0.0779. The van der Waals surface area contributed by atoms with Crippen LogP contribution in [-0.4, -0.2) is 28.0 Å². The zero-order chi connectivity index (χ0) is 25.8. The second kappa shape index (κ2) is 10.4. The summed E-state index contributed by atoms with van der Waals surface area (Å²) >= 11 is 5.63. The lowest BCUT2D eigenvalue weighted by molar-refractivity contribution is -0.137. The fourth-order valence-electron chi connectivity index (χ4n) is 3.01. The number of carbonyl (C=O) groups excluding carboxylic acids is 1. The van der Waals surface area contributed by atoms with Crippen molar-refractivity contribution in [3.63, 3.8) is 0 Å². The normalized spacial score (nSPS) is 11.6. The number of hydrogen-bond acceptors (Lipinski definition) is 5. The third kappa shape index (κ3) is 6.80. The van der Waals surface area contributed by atoms with Gasteiger partial charge in [0.15, 0.2) is 6.61 Å². The number of methoxy groups -OCH3 is 1. The van der Waals surface area contributed by atoms with Crippen molar-refractivity contribution in [2.24, 2.45) is 0 Å². The Morgan fingerprint density at radius 3 is 2.31 bits per heavy atom. The van der Waals surface area contributed by atoms with E-state index in [-0.39, 0.29) is 15.7 Å². The Morgan fingerprint density at radius 1 is 1.03 bits per heavy atom. The molecule has 186 valence electrons. The van der Waals surface area contributed by atoms with Gasteiger partial charge in [0.05, 0.1) is 23.3 Å². The van der Waals surface area contributed by atoms with Gasteiger partial charge in [0.2, 0.25) is 0 Å². The number of alkyl halides is 3.